The highest BCUT2D eigenvalue weighted by Gasteiger charge is 2.46. The minimum absolute atomic E-state index is 0.161. The first-order valence-electron chi connectivity index (χ1n) is 10.6. The van der Waals surface area contributed by atoms with Gasteiger partial charge in [0, 0.05) is 26.2 Å². The molecular formula is C23H31N5O3. The van der Waals surface area contributed by atoms with Gasteiger partial charge in [-0.2, -0.15) is 5.10 Å². The number of nitrogens with zero attached hydrogens (tertiary/aromatic N) is 3. The molecule has 2 aromatic rings. The summed E-state index contributed by atoms with van der Waals surface area (Å²) in [6, 6.07) is 9.36. The molecule has 1 aromatic carbocycles. The average Bonchev–Trinajstić information content (AvgIpc) is 3.14. The van der Waals surface area contributed by atoms with E-state index in [1.807, 2.05) is 31.2 Å². The molecule has 1 aliphatic rings. The number of aryl methyl sites for hydroxylation is 1. The van der Waals surface area contributed by atoms with Gasteiger partial charge in [0.15, 0.2) is 5.69 Å². The third-order valence-electron chi connectivity index (χ3n) is 5.77. The maximum atomic E-state index is 12.9. The predicted octanol–water partition coefficient (Wildman–Crippen LogP) is 2.13. The summed E-state index contributed by atoms with van der Waals surface area (Å²) in [6.45, 7) is 8.99. The van der Waals surface area contributed by atoms with Gasteiger partial charge in [0.25, 0.3) is 11.8 Å². The second-order valence-corrected chi connectivity index (χ2v) is 8.82. The highest BCUT2D eigenvalue weighted by molar-refractivity contribution is 6.01. The lowest BCUT2D eigenvalue weighted by atomic mass is 9.95. The third-order valence-corrected chi connectivity index (χ3v) is 5.77. The van der Waals surface area contributed by atoms with Crippen LogP contribution in [-0.4, -0.2) is 51.5 Å². The molecule has 3 rings (SSSR count). The van der Waals surface area contributed by atoms with E-state index < -0.39 is 5.54 Å². The number of nitrogens with one attached hydrogen (secondary N) is 2. The number of aromatic nitrogens is 2. The van der Waals surface area contributed by atoms with E-state index in [4.69, 9.17) is 0 Å². The summed E-state index contributed by atoms with van der Waals surface area (Å²) >= 11 is 0. The summed E-state index contributed by atoms with van der Waals surface area (Å²) in [5.74, 6) is -0.451. The maximum Gasteiger partial charge on any atom is 0.272 e. The lowest BCUT2D eigenvalue weighted by Gasteiger charge is -2.40. The fourth-order valence-electron chi connectivity index (χ4n) is 3.60. The number of carbonyl (C=O) groups is 3. The molecule has 3 amide bonds. The third kappa shape index (κ3) is 4.78. The van der Waals surface area contributed by atoms with Crippen LogP contribution in [0, 0.1) is 12.8 Å². The van der Waals surface area contributed by atoms with Crippen LogP contribution in [0.3, 0.4) is 0 Å². The van der Waals surface area contributed by atoms with Crippen molar-refractivity contribution in [2.24, 2.45) is 5.92 Å². The number of fused-ring (bicyclic) bond motifs is 1. The van der Waals surface area contributed by atoms with Gasteiger partial charge in [0.2, 0.25) is 5.91 Å². The average molecular weight is 426 g/mol. The lowest BCUT2D eigenvalue weighted by molar-refractivity contribution is -0.132. The zero-order chi connectivity index (χ0) is 22.8. The number of likely N-dealkylation sites (N-methyl/N-ethyl adjacent to an activating group) is 1. The van der Waals surface area contributed by atoms with Crippen LogP contribution in [-0.2, 0) is 17.9 Å². The second-order valence-electron chi connectivity index (χ2n) is 8.82. The second kappa shape index (κ2) is 8.91. The largest absolute Gasteiger partial charge is 0.354 e. The minimum atomic E-state index is -1.08. The molecule has 1 aromatic heterocycles. The van der Waals surface area contributed by atoms with Crippen LogP contribution in [0.5, 0.6) is 0 Å². The van der Waals surface area contributed by atoms with Gasteiger partial charge in [-0.1, -0.05) is 43.7 Å². The van der Waals surface area contributed by atoms with Gasteiger partial charge in [0.1, 0.15) is 11.2 Å². The highest BCUT2D eigenvalue weighted by Crippen LogP contribution is 2.26. The van der Waals surface area contributed by atoms with Crippen LogP contribution < -0.4 is 10.6 Å². The molecule has 2 heterocycles. The molecule has 31 heavy (non-hydrogen) atoms. The molecule has 1 atom stereocenters. The summed E-state index contributed by atoms with van der Waals surface area (Å²) in [4.78, 5) is 39.8. The lowest BCUT2D eigenvalue weighted by Crippen LogP contribution is -2.62. The van der Waals surface area contributed by atoms with E-state index in [0.717, 1.165) is 17.5 Å². The van der Waals surface area contributed by atoms with Crippen molar-refractivity contribution in [2.45, 2.75) is 52.7 Å². The molecule has 0 spiro atoms. The molecular weight excluding hydrogens is 394 g/mol. The predicted molar refractivity (Wildman–Crippen MR) is 118 cm³/mol. The molecule has 166 valence electrons. The van der Waals surface area contributed by atoms with E-state index in [2.05, 4.69) is 29.6 Å². The first kappa shape index (κ1) is 22.5. The minimum Gasteiger partial charge on any atom is -0.354 e. The maximum absolute atomic E-state index is 12.9. The number of amides is 3. The first-order valence-corrected chi connectivity index (χ1v) is 10.6. The Kier molecular flexibility index (Phi) is 6.48. The summed E-state index contributed by atoms with van der Waals surface area (Å²) < 4.78 is 1.46. The van der Waals surface area contributed by atoms with E-state index in [9.17, 15) is 14.4 Å². The SMILES string of the molecule is Cc1cccc(CNC(=O)c2cc3n(n2)CC(C)(C(=O)NCCC(C)C)N(C)C3=O)c1. The van der Waals surface area contributed by atoms with Crippen molar-refractivity contribution in [1.82, 2.24) is 25.3 Å². The molecule has 2 N–H and O–H groups in total. The van der Waals surface area contributed by atoms with Crippen molar-refractivity contribution in [3.63, 3.8) is 0 Å². The molecule has 8 nitrogen and oxygen atoms in total. The van der Waals surface area contributed by atoms with Crippen molar-refractivity contribution in [3.05, 3.63) is 52.8 Å². The van der Waals surface area contributed by atoms with Crippen molar-refractivity contribution in [1.29, 1.82) is 0 Å². The summed E-state index contributed by atoms with van der Waals surface area (Å²) in [7, 11) is 1.61. The van der Waals surface area contributed by atoms with E-state index in [-0.39, 0.29) is 30.0 Å². The van der Waals surface area contributed by atoms with Crippen LogP contribution in [0.15, 0.2) is 30.3 Å². The Labute approximate surface area is 183 Å². The Balaban J connectivity index is 1.73. The molecule has 0 saturated heterocycles. The molecule has 0 radical (unpaired) electrons. The molecule has 0 aliphatic carbocycles. The van der Waals surface area contributed by atoms with Gasteiger partial charge >= 0.3 is 0 Å². The van der Waals surface area contributed by atoms with Crippen LogP contribution in [0.1, 0.15) is 59.3 Å². The summed E-state index contributed by atoms with van der Waals surface area (Å²) in [6.07, 6.45) is 0.859. The zero-order valence-electron chi connectivity index (χ0n) is 18.9. The Hall–Kier alpha value is -3.16. The molecule has 0 saturated carbocycles. The fourth-order valence-corrected chi connectivity index (χ4v) is 3.60. The van der Waals surface area contributed by atoms with Gasteiger partial charge < -0.3 is 15.5 Å². The van der Waals surface area contributed by atoms with Gasteiger partial charge in [-0.3, -0.25) is 19.1 Å². The number of hydrogen-bond acceptors (Lipinski definition) is 4. The number of carbonyl (C=O) groups excluding carboxylic acids is 3. The molecule has 1 unspecified atom stereocenters. The molecule has 0 fully saturated rings. The molecule has 0 bridgehead atoms. The number of benzene rings is 1. The van der Waals surface area contributed by atoms with Gasteiger partial charge in [0.05, 0.1) is 6.54 Å². The van der Waals surface area contributed by atoms with E-state index in [1.165, 1.54) is 15.6 Å². The van der Waals surface area contributed by atoms with E-state index >= 15 is 0 Å². The Morgan fingerprint density at radius 1 is 1.23 bits per heavy atom. The summed E-state index contributed by atoms with van der Waals surface area (Å²) in [5.41, 5.74) is 1.48. The van der Waals surface area contributed by atoms with Crippen molar-refractivity contribution >= 4 is 17.7 Å². The van der Waals surface area contributed by atoms with Crippen molar-refractivity contribution in [3.8, 4) is 0 Å². The van der Waals surface area contributed by atoms with Gasteiger partial charge in [-0.25, -0.2) is 0 Å². The van der Waals surface area contributed by atoms with E-state index in [1.54, 1.807) is 14.0 Å². The number of hydrogen-bond donors (Lipinski definition) is 2. The molecule has 1 aliphatic heterocycles. The topological polar surface area (TPSA) is 96.3 Å². The smallest absolute Gasteiger partial charge is 0.272 e. The quantitative estimate of drug-likeness (QED) is 0.710. The number of rotatable bonds is 7. The van der Waals surface area contributed by atoms with Crippen LogP contribution in [0.2, 0.25) is 0 Å². The Bertz CT molecular complexity index is 997. The zero-order valence-corrected chi connectivity index (χ0v) is 18.9. The first-order chi connectivity index (χ1) is 14.6. The normalized spacial score (nSPS) is 18.1. The Morgan fingerprint density at radius 2 is 1.97 bits per heavy atom. The van der Waals surface area contributed by atoms with Crippen molar-refractivity contribution in [2.75, 3.05) is 13.6 Å². The molecule has 8 heteroatoms. The Morgan fingerprint density at radius 3 is 2.65 bits per heavy atom. The fraction of sp³-hybridized carbons (Fsp3) is 0.478. The van der Waals surface area contributed by atoms with Crippen molar-refractivity contribution < 1.29 is 14.4 Å². The van der Waals surface area contributed by atoms with E-state index in [0.29, 0.717) is 24.7 Å². The summed E-state index contributed by atoms with van der Waals surface area (Å²) in [5, 5.41) is 10.1. The van der Waals surface area contributed by atoms with Crippen LogP contribution in [0.25, 0.3) is 0 Å². The van der Waals surface area contributed by atoms with Gasteiger partial charge in [-0.15, -0.1) is 0 Å². The van der Waals surface area contributed by atoms with Gasteiger partial charge in [-0.05, 0) is 31.7 Å². The van der Waals surface area contributed by atoms with Crippen LogP contribution in [0.4, 0.5) is 0 Å². The van der Waals surface area contributed by atoms with Crippen LogP contribution >= 0.6 is 0 Å². The highest BCUT2D eigenvalue weighted by atomic mass is 16.2. The standard InChI is InChI=1S/C23H31N5O3/c1-15(2)9-10-24-22(31)23(4)14-28-19(21(30)27(23)5)12-18(26-28)20(29)25-13-17-8-6-7-16(3)11-17/h6-8,11-12,15H,9-10,13-14H2,1-5H3,(H,24,31)(H,25,29). The monoisotopic (exact) mass is 425 g/mol.